The van der Waals surface area contributed by atoms with Crippen molar-refractivity contribution in [2.45, 2.75) is 25.9 Å². The molecule has 0 aliphatic carbocycles. The van der Waals surface area contributed by atoms with Crippen LogP contribution < -0.4 is 0 Å². The molecule has 0 unspecified atom stereocenters. The van der Waals surface area contributed by atoms with Gasteiger partial charge in [0.15, 0.2) is 5.82 Å². The number of hydrogen-bond donors (Lipinski definition) is 0. The van der Waals surface area contributed by atoms with E-state index in [1.807, 2.05) is 32.5 Å². The standard InChI is InChI=1S/C15H15N5O2S/c1-10-17-14(22-18-10)12-6-19(15(21)11-3-5-23-9-11)8-13-2-4-16-20(13)7-12/h2-5,9,12H,6-8H2,1H3/t12-/m1/s1. The molecule has 0 saturated heterocycles. The number of carbonyl (C=O) groups excluding carboxylic acids is 1. The van der Waals surface area contributed by atoms with Crippen molar-refractivity contribution in [3.8, 4) is 0 Å². The molecule has 23 heavy (non-hydrogen) atoms. The van der Waals surface area contributed by atoms with Crippen LogP contribution in [0, 0.1) is 6.92 Å². The smallest absolute Gasteiger partial charge is 0.255 e. The van der Waals surface area contributed by atoms with E-state index in [2.05, 4.69) is 15.2 Å². The maximum atomic E-state index is 12.8. The zero-order chi connectivity index (χ0) is 15.8. The number of aromatic nitrogens is 4. The molecule has 1 atom stereocenters. The third-order valence-corrected chi connectivity index (χ3v) is 4.62. The van der Waals surface area contributed by atoms with Gasteiger partial charge in [-0.2, -0.15) is 21.4 Å². The van der Waals surface area contributed by atoms with Gasteiger partial charge in [0.25, 0.3) is 5.91 Å². The first-order valence-electron chi connectivity index (χ1n) is 7.33. The van der Waals surface area contributed by atoms with Crippen LogP contribution in [0.1, 0.15) is 33.7 Å². The van der Waals surface area contributed by atoms with Crippen LogP contribution in [-0.4, -0.2) is 37.3 Å². The fourth-order valence-electron chi connectivity index (χ4n) is 2.81. The summed E-state index contributed by atoms with van der Waals surface area (Å²) in [5.74, 6) is 1.09. The maximum absolute atomic E-state index is 12.8. The van der Waals surface area contributed by atoms with Crippen molar-refractivity contribution in [3.63, 3.8) is 0 Å². The van der Waals surface area contributed by atoms with Gasteiger partial charge in [-0.3, -0.25) is 9.48 Å². The summed E-state index contributed by atoms with van der Waals surface area (Å²) in [5, 5.41) is 12.0. The molecule has 3 aromatic heterocycles. The van der Waals surface area contributed by atoms with Crippen LogP contribution in [0.5, 0.6) is 0 Å². The number of carbonyl (C=O) groups is 1. The molecule has 0 N–H and O–H groups in total. The van der Waals surface area contributed by atoms with E-state index in [-0.39, 0.29) is 11.8 Å². The number of rotatable bonds is 2. The minimum Gasteiger partial charge on any atom is -0.339 e. The van der Waals surface area contributed by atoms with Gasteiger partial charge in [-0.25, -0.2) is 0 Å². The molecule has 0 fully saturated rings. The fourth-order valence-corrected chi connectivity index (χ4v) is 3.44. The summed E-state index contributed by atoms with van der Waals surface area (Å²) in [7, 11) is 0. The Bertz CT molecular complexity index is 823. The van der Waals surface area contributed by atoms with Gasteiger partial charge >= 0.3 is 0 Å². The summed E-state index contributed by atoms with van der Waals surface area (Å²) in [5.41, 5.74) is 1.72. The van der Waals surface area contributed by atoms with Crippen molar-refractivity contribution < 1.29 is 9.32 Å². The highest BCUT2D eigenvalue weighted by molar-refractivity contribution is 7.08. The molecule has 1 aliphatic rings. The molecule has 1 amide bonds. The molecule has 4 rings (SSSR count). The normalized spacial score (nSPS) is 17.8. The number of nitrogens with zero attached hydrogens (tertiary/aromatic N) is 5. The Labute approximate surface area is 136 Å². The monoisotopic (exact) mass is 329 g/mol. The topological polar surface area (TPSA) is 77.0 Å². The summed E-state index contributed by atoms with van der Waals surface area (Å²) < 4.78 is 7.24. The van der Waals surface area contributed by atoms with Crippen LogP contribution in [0.3, 0.4) is 0 Å². The maximum Gasteiger partial charge on any atom is 0.255 e. The molecule has 0 spiro atoms. The molecule has 0 bridgehead atoms. The minimum atomic E-state index is -0.0695. The van der Waals surface area contributed by atoms with Crippen molar-refractivity contribution in [1.29, 1.82) is 0 Å². The van der Waals surface area contributed by atoms with E-state index in [4.69, 9.17) is 4.52 Å². The molecule has 0 saturated carbocycles. The fraction of sp³-hybridized carbons (Fsp3) is 0.333. The van der Waals surface area contributed by atoms with E-state index in [1.165, 1.54) is 11.3 Å². The van der Waals surface area contributed by atoms with Crippen LogP contribution in [0.25, 0.3) is 0 Å². The van der Waals surface area contributed by atoms with Crippen LogP contribution >= 0.6 is 11.3 Å². The largest absolute Gasteiger partial charge is 0.339 e. The second-order valence-electron chi connectivity index (χ2n) is 5.58. The first-order chi connectivity index (χ1) is 11.2. The van der Waals surface area contributed by atoms with E-state index in [1.54, 1.807) is 13.1 Å². The van der Waals surface area contributed by atoms with Gasteiger partial charge in [0.1, 0.15) is 0 Å². The van der Waals surface area contributed by atoms with Crippen LogP contribution in [-0.2, 0) is 13.1 Å². The summed E-state index contributed by atoms with van der Waals surface area (Å²) in [6, 6.07) is 3.79. The average molecular weight is 329 g/mol. The van der Waals surface area contributed by atoms with Crippen molar-refractivity contribution in [2.75, 3.05) is 6.54 Å². The van der Waals surface area contributed by atoms with Gasteiger partial charge in [-0.05, 0) is 24.4 Å². The van der Waals surface area contributed by atoms with Gasteiger partial charge in [0.05, 0.1) is 30.3 Å². The molecular formula is C15H15N5O2S. The average Bonchev–Trinajstić information content (AvgIpc) is 3.27. The lowest BCUT2D eigenvalue weighted by Gasteiger charge is -2.22. The van der Waals surface area contributed by atoms with Crippen molar-refractivity contribution in [3.05, 3.63) is 52.1 Å². The molecule has 118 valence electrons. The summed E-state index contributed by atoms with van der Waals surface area (Å²) in [6.07, 6.45) is 1.75. The lowest BCUT2D eigenvalue weighted by atomic mass is 10.1. The zero-order valence-corrected chi connectivity index (χ0v) is 13.4. The molecule has 8 heteroatoms. The van der Waals surface area contributed by atoms with Crippen LogP contribution in [0.15, 0.2) is 33.6 Å². The van der Waals surface area contributed by atoms with E-state index >= 15 is 0 Å². The van der Waals surface area contributed by atoms with E-state index < -0.39 is 0 Å². The Balaban J connectivity index is 1.68. The molecular weight excluding hydrogens is 314 g/mol. The van der Waals surface area contributed by atoms with Gasteiger partial charge < -0.3 is 9.42 Å². The molecule has 7 nitrogen and oxygen atoms in total. The lowest BCUT2D eigenvalue weighted by molar-refractivity contribution is 0.0732. The number of amides is 1. The number of aryl methyl sites for hydroxylation is 1. The molecule has 0 aromatic carbocycles. The SMILES string of the molecule is Cc1noc([C@@H]2CN(C(=O)c3ccsc3)Cc3ccnn3C2)n1. The number of hydrogen-bond acceptors (Lipinski definition) is 6. The third kappa shape index (κ3) is 2.65. The van der Waals surface area contributed by atoms with Crippen molar-refractivity contribution in [1.82, 2.24) is 24.8 Å². The Morgan fingerprint density at radius 1 is 1.39 bits per heavy atom. The summed E-state index contributed by atoms with van der Waals surface area (Å²) in [4.78, 5) is 18.9. The highest BCUT2D eigenvalue weighted by atomic mass is 32.1. The van der Waals surface area contributed by atoms with Gasteiger partial charge in [-0.15, -0.1) is 0 Å². The van der Waals surface area contributed by atoms with Crippen molar-refractivity contribution in [2.24, 2.45) is 0 Å². The quantitative estimate of drug-likeness (QED) is 0.719. The Morgan fingerprint density at radius 3 is 3.04 bits per heavy atom. The predicted molar refractivity (Wildman–Crippen MR) is 83.1 cm³/mol. The highest BCUT2D eigenvalue weighted by Gasteiger charge is 2.30. The van der Waals surface area contributed by atoms with Crippen LogP contribution in [0.4, 0.5) is 0 Å². The van der Waals surface area contributed by atoms with Gasteiger partial charge in [0.2, 0.25) is 5.89 Å². The van der Waals surface area contributed by atoms with Gasteiger partial charge in [-0.1, -0.05) is 5.16 Å². The van der Waals surface area contributed by atoms with Gasteiger partial charge in [0, 0.05) is 18.1 Å². The van der Waals surface area contributed by atoms with E-state index in [0.29, 0.717) is 36.9 Å². The first-order valence-corrected chi connectivity index (χ1v) is 8.27. The molecule has 3 aromatic rings. The summed E-state index contributed by atoms with van der Waals surface area (Å²) >= 11 is 1.52. The minimum absolute atomic E-state index is 0.0159. The molecule has 1 aliphatic heterocycles. The second kappa shape index (κ2) is 5.62. The number of fused-ring (bicyclic) bond motifs is 1. The second-order valence-corrected chi connectivity index (χ2v) is 6.36. The Morgan fingerprint density at radius 2 is 2.30 bits per heavy atom. The Hall–Kier alpha value is -2.48. The van der Waals surface area contributed by atoms with E-state index in [0.717, 1.165) is 5.69 Å². The number of thiophene rings is 1. The van der Waals surface area contributed by atoms with Crippen molar-refractivity contribution >= 4 is 17.2 Å². The predicted octanol–water partition coefficient (Wildman–Crippen LogP) is 2.08. The zero-order valence-electron chi connectivity index (χ0n) is 12.5. The third-order valence-electron chi connectivity index (χ3n) is 3.94. The van der Waals surface area contributed by atoms with Crippen LogP contribution in [0.2, 0.25) is 0 Å². The first kappa shape index (κ1) is 14.1. The molecule has 0 radical (unpaired) electrons. The summed E-state index contributed by atoms with van der Waals surface area (Å²) in [6.45, 7) is 3.46. The Kier molecular flexibility index (Phi) is 3.45. The lowest BCUT2D eigenvalue weighted by Crippen LogP contribution is -2.33. The molecule has 4 heterocycles. The van der Waals surface area contributed by atoms with E-state index in [9.17, 15) is 4.79 Å². The highest BCUT2D eigenvalue weighted by Crippen LogP contribution is 2.25.